The number of likely N-dealkylation sites (N-methyl/N-ethyl adjacent to an activating group) is 1. The Kier molecular flexibility index (Phi) is 7.64. The van der Waals surface area contributed by atoms with Gasteiger partial charge in [0.1, 0.15) is 5.69 Å². The Bertz CT molecular complexity index is 981. The molecule has 0 bridgehead atoms. The molecule has 4 rings (SSSR count). The van der Waals surface area contributed by atoms with E-state index in [0.717, 1.165) is 52.4 Å². The fourth-order valence-electron chi connectivity index (χ4n) is 4.52. The normalized spacial score (nSPS) is 22.2. The van der Waals surface area contributed by atoms with Crippen molar-refractivity contribution in [2.24, 2.45) is 0 Å². The molecule has 1 aromatic heterocycles. The Morgan fingerprint density at radius 3 is 2.62 bits per heavy atom. The molecule has 2 fully saturated rings. The van der Waals surface area contributed by atoms with Crippen molar-refractivity contribution in [3.8, 4) is 5.69 Å². The largest absolute Gasteiger partial charge is 0.397 e. The summed E-state index contributed by atoms with van der Waals surface area (Å²) in [5.74, 6) is -0.801. The van der Waals surface area contributed by atoms with Crippen molar-refractivity contribution in [2.45, 2.75) is 32.4 Å². The van der Waals surface area contributed by atoms with E-state index in [2.05, 4.69) is 51.2 Å². The van der Waals surface area contributed by atoms with E-state index in [1.54, 1.807) is 6.07 Å². The van der Waals surface area contributed by atoms with Gasteiger partial charge in [-0.2, -0.15) is 0 Å². The molecule has 0 radical (unpaired) electrons. The highest BCUT2D eigenvalue weighted by Gasteiger charge is 2.28. The Morgan fingerprint density at radius 1 is 1.21 bits per heavy atom. The standard InChI is InChI=1S/C23H35FN8O2/c1-16-13-31(14-17(2)29(16)3)22-11-18(24)21(12-19(22)25)32-15-20(27-28-32)23(33)26-5-4-6-30-7-9-34-10-8-30/h11-12,15-17H,4-10,13-14,25H2,1-3H3,(H,26,33)/t16-,17+. The summed E-state index contributed by atoms with van der Waals surface area (Å²) < 4.78 is 21.7. The number of rotatable bonds is 7. The van der Waals surface area contributed by atoms with Gasteiger partial charge in [-0.1, -0.05) is 5.21 Å². The molecule has 2 aliphatic rings. The van der Waals surface area contributed by atoms with Crippen molar-refractivity contribution in [3.63, 3.8) is 0 Å². The molecule has 0 aliphatic carbocycles. The lowest BCUT2D eigenvalue weighted by Crippen LogP contribution is -2.55. The van der Waals surface area contributed by atoms with E-state index in [4.69, 9.17) is 10.5 Å². The quantitative estimate of drug-likeness (QED) is 0.452. The van der Waals surface area contributed by atoms with Crippen LogP contribution in [0.2, 0.25) is 0 Å². The van der Waals surface area contributed by atoms with Crippen molar-refractivity contribution in [1.82, 2.24) is 30.1 Å². The van der Waals surface area contributed by atoms with Crippen LogP contribution in [0, 0.1) is 5.82 Å². The molecule has 0 saturated carbocycles. The van der Waals surface area contributed by atoms with Crippen LogP contribution < -0.4 is 16.0 Å². The van der Waals surface area contributed by atoms with Crippen LogP contribution in [0.1, 0.15) is 30.8 Å². The zero-order valence-electron chi connectivity index (χ0n) is 20.2. The minimum Gasteiger partial charge on any atom is -0.397 e. The summed E-state index contributed by atoms with van der Waals surface area (Å²) >= 11 is 0. The topological polar surface area (TPSA) is 105 Å². The number of halogens is 1. The molecule has 2 atom stereocenters. The lowest BCUT2D eigenvalue weighted by atomic mass is 10.1. The number of nitrogens with two attached hydrogens (primary N) is 1. The van der Waals surface area contributed by atoms with Crippen LogP contribution >= 0.6 is 0 Å². The SMILES string of the molecule is C[C@@H]1CN(c2cc(F)c(-n3cc(C(=O)NCCCN4CCOCC4)nn3)cc2N)C[C@H](C)N1C. The number of carbonyl (C=O) groups is 1. The molecule has 3 N–H and O–H groups in total. The van der Waals surface area contributed by atoms with Gasteiger partial charge in [0.05, 0.1) is 30.8 Å². The molecule has 10 nitrogen and oxygen atoms in total. The maximum absolute atomic E-state index is 15.1. The van der Waals surface area contributed by atoms with Gasteiger partial charge < -0.3 is 20.7 Å². The van der Waals surface area contributed by atoms with Crippen LogP contribution in [0.25, 0.3) is 5.69 Å². The summed E-state index contributed by atoms with van der Waals surface area (Å²) in [4.78, 5) is 19.2. The van der Waals surface area contributed by atoms with Crippen molar-refractivity contribution in [1.29, 1.82) is 0 Å². The second-order valence-electron chi connectivity index (χ2n) is 9.24. The van der Waals surface area contributed by atoms with E-state index in [9.17, 15) is 4.79 Å². The van der Waals surface area contributed by atoms with Crippen LogP contribution in [0.4, 0.5) is 15.8 Å². The van der Waals surface area contributed by atoms with Gasteiger partial charge in [-0.05, 0) is 39.9 Å². The van der Waals surface area contributed by atoms with Crippen molar-refractivity contribution in [3.05, 3.63) is 29.8 Å². The second-order valence-corrected chi connectivity index (χ2v) is 9.24. The maximum Gasteiger partial charge on any atom is 0.273 e. The first-order valence-corrected chi connectivity index (χ1v) is 11.9. The van der Waals surface area contributed by atoms with Gasteiger partial charge in [-0.25, -0.2) is 9.07 Å². The van der Waals surface area contributed by atoms with E-state index < -0.39 is 5.82 Å². The van der Waals surface area contributed by atoms with E-state index in [-0.39, 0.29) is 17.3 Å². The number of piperazine rings is 1. The number of hydrogen-bond donors (Lipinski definition) is 2. The highest BCUT2D eigenvalue weighted by Crippen LogP contribution is 2.31. The molecule has 34 heavy (non-hydrogen) atoms. The monoisotopic (exact) mass is 474 g/mol. The first-order chi connectivity index (χ1) is 16.3. The number of aromatic nitrogens is 3. The molecule has 2 aliphatic heterocycles. The smallest absolute Gasteiger partial charge is 0.273 e. The van der Waals surface area contributed by atoms with E-state index >= 15 is 4.39 Å². The fourth-order valence-corrected chi connectivity index (χ4v) is 4.52. The number of carbonyl (C=O) groups excluding carboxylic acids is 1. The number of nitrogens with zero attached hydrogens (tertiary/aromatic N) is 6. The van der Waals surface area contributed by atoms with Gasteiger partial charge in [0.15, 0.2) is 11.5 Å². The summed E-state index contributed by atoms with van der Waals surface area (Å²) in [6, 6.07) is 3.66. The zero-order valence-corrected chi connectivity index (χ0v) is 20.2. The first kappa shape index (κ1) is 24.4. The molecule has 2 aromatic rings. The summed E-state index contributed by atoms with van der Waals surface area (Å²) in [7, 11) is 2.10. The van der Waals surface area contributed by atoms with Crippen LogP contribution in [-0.4, -0.2) is 102 Å². The number of amides is 1. The van der Waals surface area contributed by atoms with Crippen LogP contribution in [0.3, 0.4) is 0 Å². The third kappa shape index (κ3) is 5.48. The Hall–Kier alpha value is -2.76. The van der Waals surface area contributed by atoms with Crippen LogP contribution in [0.15, 0.2) is 18.3 Å². The van der Waals surface area contributed by atoms with Crippen LogP contribution in [-0.2, 0) is 4.74 Å². The van der Waals surface area contributed by atoms with Crippen molar-refractivity contribution < 1.29 is 13.9 Å². The lowest BCUT2D eigenvalue weighted by Gasteiger charge is -2.43. The van der Waals surface area contributed by atoms with E-state index in [1.807, 2.05) is 0 Å². The van der Waals surface area contributed by atoms with Gasteiger partial charge in [0.2, 0.25) is 0 Å². The minimum atomic E-state index is -0.467. The number of anilines is 2. The summed E-state index contributed by atoms with van der Waals surface area (Å²) in [5.41, 5.74) is 7.75. The Labute approximate surface area is 199 Å². The summed E-state index contributed by atoms with van der Waals surface area (Å²) in [5, 5.41) is 10.7. The van der Waals surface area contributed by atoms with Gasteiger partial charge >= 0.3 is 0 Å². The maximum atomic E-state index is 15.1. The minimum absolute atomic E-state index is 0.134. The molecule has 0 unspecified atom stereocenters. The lowest BCUT2D eigenvalue weighted by molar-refractivity contribution is 0.0374. The fraction of sp³-hybridized carbons (Fsp3) is 0.609. The third-order valence-corrected chi connectivity index (χ3v) is 6.81. The van der Waals surface area contributed by atoms with E-state index in [1.165, 1.54) is 16.9 Å². The molecule has 3 heterocycles. The molecule has 0 spiro atoms. The van der Waals surface area contributed by atoms with Gasteiger partial charge in [-0.3, -0.25) is 14.6 Å². The average Bonchev–Trinajstić information content (AvgIpc) is 3.32. The predicted molar refractivity (Wildman–Crippen MR) is 129 cm³/mol. The number of hydrogen-bond acceptors (Lipinski definition) is 8. The van der Waals surface area contributed by atoms with Gasteiger partial charge in [-0.15, -0.1) is 5.10 Å². The predicted octanol–water partition coefficient (Wildman–Crippen LogP) is 0.970. The summed E-state index contributed by atoms with van der Waals surface area (Å²) in [6.07, 6.45) is 2.25. The summed E-state index contributed by atoms with van der Waals surface area (Å²) in [6.45, 7) is 10.6. The van der Waals surface area contributed by atoms with E-state index in [0.29, 0.717) is 30.0 Å². The third-order valence-electron chi connectivity index (χ3n) is 6.81. The van der Waals surface area contributed by atoms with Gasteiger partial charge in [0.25, 0.3) is 5.91 Å². The van der Waals surface area contributed by atoms with Crippen molar-refractivity contribution in [2.75, 3.05) is 70.2 Å². The zero-order chi connectivity index (χ0) is 24.2. The molecule has 2 saturated heterocycles. The van der Waals surface area contributed by atoms with Gasteiger partial charge in [0, 0.05) is 50.9 Å². The number of benzene rings is 1. The average molecular weight is 475 g/mol. The highest BCUT2D eigenvalue weighted by molar-refractivity contribution is 5.91. The van der Waals surface area contributed by atoms with Crippen LogP contribution in [0.5, 0.6) is 0 Å². The Morgan fingerprint density at radius 2 is 1.91 bits per heavy atom. The number of ether oxygens (including phenoxy) is 1. The Balaban J connectivity index is 1.37. The number of morpholine rings is 1. The molecule has 1 amide bonds. The molecule has 186 valence electrons. The first-order valence-electron chi connectivity index (χ1n) is 11.9. The highest BCUT2D eigenvalue weighted by atomic mass is 19.1. The number of nitrogens with one attached hydrogen (secondary N) is 1. The molecule has 1 aromatic carbocycles. The molecular formula is C23H35FN8O2. The molecular weight excluding hydrogens is 439 g/mol. The molecule has 11 heteroatoms. The number of nitrogen functional groups attached to an aromatic ring is 1. The second kappa shape index (κ2) is 10.7. The van der Waals surface area contributed by atoms with Crippen molar-refractivity contribution >= 4 is 17.3 Å².